The summed E-state index contributed by atoms with van der Waals surface area (Å²) in [5, 5.41) is 2.69. The quantitative estimate of drug-likeness (QED) is 0.589. The number of amides is 1. The zero-order chi connectivity index (χ0) is 22.3. The van der Waals surface area contributed by atoms with Crippen molar-refractivity contribution in [3.05, 3.63) is 54.1 Å². The lowest BCUT2D eigenvalue weighted by atomic mass is 10.2. The van der Waals surface area contributed by atoms with Gasteiger partial charge in [-0.2, -0.15) is 0 Å². The van der Waals surface area contributed by atoms with Crippen LogP contribution >= 0.6 is 0 Å². The predicted octanol–water partition coefficient (Wildman–Crippen LogP) is 3.09. The first-order chi connectivity index (χ1) is 14.1. The zero-order valence-electron chi connectivity index (χ0n) is 17.5. The maximum atomic E-state index is 12.4. The smallest absolute Gasteiger partial charge is 0.338 e. The summed E-state index contributed by atoms with van der Waals surface area (Å²) in [5.41, 5.74) is 1.97. The van der Waals surface area contributed by atoms with Crippen LogP contribution in [-0.4, -0.2) is 46.2 Å². The molecule has 8 nitrogen and oxygen atoms in total. The van der Waals surface area contributed by atoms with Crippen molar-refractivity contribution >= 4 is 39.0 Å². The highest BCUT2D eigenvalue weighted by Gasteiger charge is 2.20. The molecule has 0 saturated carbocycles. The third-order valence-corrected chi connectivity index (χ3v) is 5.64. The molecule has 0 saturated heterocycles. The van der Waals surface area contributed by atoms with Crippen LogP contribution < -0.4 is 14.9 Å². The van der Waals surface area contributed by atoms with E-state index in [4.69, 9.17) is 4.74 Å². The van der Waals surface area contributed by atoms with Gasteiger partial charge in [0.1, 0.15) is 0 Å². The monoisotopic (exact) mass is 433 g/mol. The van der Waals surface area contributed by atoms with Crippen LogP contribution in [0.4, 0.5) is 17.1 Å². The Morgan fingerprint density at radius 3 is 2.33 bits per heavy atom. The molecule has 0 aliphatic heterocycles. The van der Waals surface area contributed by atoms with Crippen molar-refractivity contribution < 1.29 is 22.7 Å². The minimum atomic E-state index is -3.48. The first kappa shape index (κ1) is 23.2. The summed E-state index contributed by atoms with van der Waals surface area (Å²) < 4.78 is 31.4. The molecule has 0 spiro atoms. The first-order valence-electron chi connectivity index (χ1n) is 9.51. The van der Waals surface area contributed by atoms with Crippen LogP contribution in [0.5, 0.6) is 0 Å². The maximum absolute atomic E-state index is 12.4. The van der Waals surface area contributed by atoms with E-state index in [1.54, 1.807) is 19.1 Å². The molecule has 0 aromatic heterocycles. The van der Waals surface area contributed by atoms with E-state index >= 15 is 0 Å². The van der Waals surface area contributed by atoms with Crippen molar-refractivity contribution in [2.45, 2.75) is 26.4 Å². The molecule has 0 aliphatic carbocycles. The standard InChI is InChI=1S/C21H27N3O5S/c1-5-13-30(27,28)23-18-8-6-7-16(14-18)21(26)29-15(2)20(25)22-17-9-11-19(12-10-17)24(3)4/h6-12,14-15,23H,5,13H2,1-4H3,(H,22,25). The van der Waals surface area contributed by atoms with Gasteiger partial charge >= 0.3 is 5.97 Å². The Morgan fingerprint density at radius 2 is 1.73 bits per heavy atom. The van der Waals surface area contributed by atoms with Crippen LogP contribution in [0.3, 0.4) is 0 Å². The average molecular weight is 434 g/mol. The Kier molecular flexibility index (Phi) is 7.82. The van der Waals surface area contributed by atoms with Gasteiger partial charge < -0.3 is 15.0 Å². The molecule has 0 aliphatic rings. The number of carbonyl (C=O) groups is 2. The second-order valence-corrected chi connectivity index (χ2v) is 8.82. The number of nitrogens with zero attached hydrogens (tertiary/aromatic N) is 1. The number of benzene rings is 2. The van der Waals surface area contributed by atoms with Crippen molar-refractivity contribution in [3.8, 4) is 0 Å². The molecule has 2 aromatic carbocycles. The second kappa shape index (κ2) is 10.1. The number of nitrogens with one attached hydrogen (secondary N) is 2. The van der Waals surface area contributed by atoms with Gasteiger partial charge in [0, 0.05) is 31.2 Å². The summed E-state index contributed by atoms with van der Waals surface area (Å²) >= 11 is 0. The summed E-state index contributed by atoms with van der Waals surface area (Å²) in [4.78, 5) is 26.7. The molecule has 9 heteroatoms. The van der Waals surface area contributed by atoms with E-state index in [1.165, 1.54) is 31.2 Å². The van der Waals surface area contributed by atoms with E-state index < -0.39 is 28.0 Å². The molecule has 2 rings (SSSR count). The van der Waals surface area contributed by atoms with E-state index in [0.717, 1.165) is 5.69 Å². The summed E-state index contributed by atoms with van der Waals surface area (Å²) in [5.74, 6) is -1.22. The number of rotatable bonds is 9. The molecule has 0 heterocycles. The van der Waals surface area contributed by atoms with Crippen LogP contribution in [0, 0.1) is 0 Å². The number of sulfonamides is 1. The van der Waals surface area contributed by atoms with E-state index in [2.05, 4.69) is 10.0 Å². The molecule has 1 atom stereocenters. The summed E-state index contributed by atoms with van der Waals surface area (Å²) in [7, 11) is 0.355. The van der Waals surface area contributed by atoms with Gasteiger partial charge in [0.25, 0.3) is 5.91 Å². The molecular formula is C21H27N3O5S. The molecule has 0 radical (unpaired) electrons. The van der Waals surface area contributed by atoms with Gasteiger partial charge in [0.2, 0.25) is 10.0 Å². The Balaban J connectivity index is 1.99. The summed E-state index contributed by atoms with van der Waals surface area (Å²) in [6, 6.07) is 13.2. The largest absolute Gasteiger partial charge is 0.449 e. The predicted molar refractivity (Wildman–Crippen MR) is 118 cm³/mol. The van der Waals surface area contributed by atoms with Crippen LogP contribution in [0.2, 0.25) is 0 Å². The molecule has 30 heavy (non-hydrogen) atoms. The Hall–Kier alpha value is -3.07. The van der Waals surface area contributed by atoms with Gasteiger partial charge in [-0.05, 0) is 55.8 Å². The minimum absolute atomic E-state index is 0.0194. The molecular weight excluding hydrogens is 406 g/mol. The molecule has 1 unspecified atom stereocenters. The van der Waals surface area contributed by atoms with E-state index in [9.17, 15) is 18.0 Å². The lowest BCUT2D eigenvalue weighted by Gasteiger charge is -2.15. The van der Waals surface area contributed by atoms with Gasteiger partial charge in [-0.25, -0.2) is 13.2 Å². The molecule has 2 aromatic rings. The SMILES string of the molecule is CCCS(=O)(=O)Nc1cccc(C(=O)OC(C)C(=O)Nc2ccc(N(C)C)cc2)c1. The summed E-state index contributed by atoms with van der Waals surface area (Å²) in [6.45, 7) is 3.23. The fraction of sp³-hybridized carbons (Fsp3) is 0.333. The minimum Gasteiger partial charge on any atom is -0.449 e. The van der Waals surface area contributed by atoms with E-state index in [0.29, 0.717) is 12.1 Å². The van der Waals surface area contributed by atoms with Gasteiger partial charge in [-0.15, -0.1) is 0 Å². The van der Waals surface area contributed by atoms with Crippen LogP contribution in [0.25, 0.3) is 0 Å². The highest BCUT2D eigenvalue weighted by atomic mass is 32.2. The van der Waals surface area contributed by atoms with Crippen LogP contribution in [0.15, 0.2) is 48.5 Å². The number of anilines is 3. The Labute approximate surface area is 177 Å². The van der Waals surface area contributed by atoms with Crippen molar-refractivity contribution in [1.29, 1.82) is 0 Å². The molecule has 2 N–H and O–H groups in total. The normalized spacial score (nSPS) is 12.0. The average Bonchev–Trinajstić information content (AvgIpc) is 2.68. The fourth-order valence-corrected chi connectivity index (χ4v) is 3.70. The van der Waals surface area contributed by atoms with Crippen LogP contribution in [0.1, 0.15) is 30.6 Å². The van der Waals surface area contributed by atoms with Crippen LogP contribution in [-0.2, 0) is 19.6 Å². The fourth-order valence-electron chi connectivity index (χ4n) is 2.58. The third-order valence-electron chi connectivity index (χ3n) is 4.15. The van der Waals surface area contributed by atoms with Gasteiger partial charge in [0.15, 0.2) is 6.10 Å². The number of ether oxygens (including phenoxy) is 1. The van der Waals surface area contributed by atoms with Crippen molar-refractivity contribution in [2.75, 3.05) is 34.8 Å². The maximum Gasteiger partial charge on any atom is 0.338 e. The topological polar surface area (TPSA) is 105 Å². The molecule has 1 amide bonds. The van der Waals surface area contributed by atoms with E-state index in [1.807, 2.05) is 31.1 Å². The Bertz CT molecular complexity index is 988. The van der Waals surface area contributed by atoms with Gasteiger partial charge in [-0.3, -0.25) is 9.52 Å². The lowest BCUT2D eigenvalue weighted by Crippen LogP contribution is -2.30. The van der Waals surface area contributed by atoms with Crippen molar-refractivity contribution in [2.24, 2.45) is 0 Å². The Morgan fingerprint density at radius 1 is 1.07 bits per heavy atom. The molecule has 0 bridgehead atoms. The highest BCUT2D eigenvalue weighted by molar-refractivity contribution is 7.92. The number of hydrogen-bond donors (Lipinski definition) is 2. The van der Waals surface area contributed by atoms with Gasteiger partial charge in [-0.1, -0.05) is 13.0 Å². The second-order valence-electron chi connectivity index (χ2n) is 6.98. The first-order valence-corrected chi connectivity index (χ1v) is 11.2. The third kappa shape index (κ3) is 6.77. The summed E-state index contributed by atoms with van der Waals surface area (Å²) in [6.07, 6.45) is -0.562. The van der Waals surface area contributed by atoms with E-state index in [-0.39, 0.29) is 17.0 Å². The molecule has 0 fully saturated rings. The number of hydrogen-bond acceptors (Lipinski definition) is 6. The van der Waals surface area contributed by atoms with Crippen molar-refractivity contribution in [3.63, 3.8) is 0 Å². The highest BCUT2D eigenvalue weighted by Crippen LogP contribution is 2.17. The lowest BCUT2D eigenvalue weighted by molar-refractivity contribution is -0.123. The number of carbonyl (C=O) groups excluding carboxylic acids is 2. The zero-order valence-corrected chi connectivity index (χ0v) is 18.3. The van der Waals surface area contributed by atoms with Crippen molar-refractivity contribution in [1.82, 2.24) is 0 Å². The molecule has 162 valence electrons. The number of esters is 1. The van der Waals surface area contributed by atoms with Gasteiger partial charge in [0.05, 0.1) is 11.3 Å².